The van der Waals surface area contributed by atoms with E-state index in [-0.39, 0.29) is 0 Å². The van der Waals surface area contributed by atoms with Crippen LogP contribution in [0, 0.1) is 0 Å². The molecule has 0 spiro atoms. The molecule has 0 aromatic rings. The van der Waals surface area contributed by atoms with Crippen LogP contribution in [0.4, 0.5) is 0 Å². The normalized spacial score (nSPS) is 49.0. The van der Waals surface area contributed by atoms with Crippen molar-refractivity contribution < 1.29 is 129 Å². The van der Waals surface area contributed by atoms with Gasteiger partial charge in [-0.3, -0.25) is 9.59 Å². The number of carbonyl (C=O) groups is 2. The van der Waals surface area contributed by atoms with Crippen molar-refractivity contribution in [1.29, 1.82) is 0 Å². The number of aliphatic hydroxyl groups is 15. The highest BCUT2D eigenvalue weighted by atomic mass is 16.8. The maximum Gasteiger partial charge on any atom is 0.217 e. The van der Waals surface area contributed by atoms with Crippen LogP contribution in [0.15, 0.2) is 0 Å². The van der Waals surface area contributed by atoms with Gasteiger partial charge in [0.05, 0.1) is 33.0 Å². The highest BCUT2D eigenvalue weighted by molar-refractivity contribution is 5.73. The molecular formula is C34H58N2O26. The highest BCUT2D eigenvalue weighted by Gasteiger charge is 2.55. The lowest BCUT2D eigenvalue weighted by Crippen LogP contribution is -2.70. The van der Waals surface area contributed by atoms with Crippen LogP contribution in [0.1, 0.15) is 13.8 Å². The van der Waals surface area contributed by atoms with E-state index in [1.807, 2.05) is 0 Å². The molecule has 5 aliphatic rings. The smallest absolute Gasteiger partial charge is 0.217 e. The number of ether oxygens (including phenoxy) is 9. The molecule has 0 saturated carbocycles. The molecule has 5 aliphatic heterocycles. The summed E-state index contributed by atoms with van der Waals surface area (Å²) >= 11 is 0. The van der Waals surface area contributed by atoms with E-state index in [0.717, 1.165) is 13.8 Å². The zero-order chi connectivity index (χ0) is 45.9. The summed E-state index contributed by atoms with van der Waals surface area (Å²) in [6.07, 6.45) is -41.5. The van der Waals surface area contributed by atoms with Gasteiger partial charge in [-0.05, 0) is 0 Å². The lowest BCUT2D eigenvalue weighted by molar-refractivity contribution is -0.373. The van der Waals surface area contributed by atoms with Gasteiger partial charge in [-0.2, -0.15) is 0 Å². The van der Waals surface area contributed by atoms with Crippen LogP contribution in [0.3, 0.4) is 0 Å². The second-order valence-electron chi connectivity index (χ2n) is 15.5. The molecule has 0 unspecified atom stereocenters. The molecule has 5 fully saturated rings. The molecule has 17 N–H and O–H groups in total. The number of rotatable bonds is 15. The molecule has 25 atom stereocenters. The first-order valence-electron chi connectivity index (χ1n) is 19.6. The molecule has 5 heterocycles. The van der Waals surface area contributed by atoms with Crippen LogP contribution in [-0.4, -0.2) is 275 Å². The third-order valence-electron chi connectivity index (χ3n) is 11.1. The van der Waals surface area contributed by atoms with Gasteiger partial charge in [0.15, 0.2) is 31.5 Å². The van der Waals surface area contributed by atoms with Crippen molar-refractivity contribution in [2.45, 2.75) is 167 Å². The van der Waals surface area contributed by atoms with E-state index in [0.29, 0.717) is 0 Å². The third kappa shape index (κ3) is 11.0. The Hall–Kier alpha value is -2.02. The molecule has 0 radical (unpaired) electrons. The molecular weight excluding hydrogens is 852 g/mol. The summed E-state index contributed by atoms with van der Waals surface area (Å²) in [4.78, 5) is 24.1. The highest BCUT2D eigenvalue weighted by Crippen LogP contribution is 2.34. The Morgan fingerprint density at radius 1 is 0.419 bits per heavy atom. The van der Waals surface area contributed by atoms with Gasteiger partial charge in [0.25, 0.3) is 0 Å². The Morgan fingerprint density at radius 2 is 0.823 bits per heavy atom. The quantitative estimate of drug-likeness (QED) is 0.0725. The molecule has 5 rings (SSSR count). The number of carbonyl (C=O) groups excluding carboxylic acids is 2. The minimum absolute atomic E-state index is 0.680. The molecule has 62 heavy (non-hydrogen) atoms. The number of hydrogen-bond acceptors (Lipinski definition) is 26. The van der Waals surface area contributed by atoms with Gasteiger partial charge in [0, 0.05) is 13.8 Å². The van der Waals surface area contributed by atoms with Crippen molar-refractivity contribution in [2.75, 3.05) is 33.0 Å². The zero-order valence-corrected chi connectivity index (χ0v) is 33.2. The lowest BCUT2D eigenvalue weighted by atomic mass is 9.94. The van der Waals surface area contributed by atoms with E-state index in [4.69, 9.17) is 42.6 Å². The number of amides is 2. The zero-order valence-electron chi connectivity index (χ0n) is 33.2. The summed E-state index contributed by atoms with van der Waals surface area (Å²) in [5.41, 5.74) is 0. The summed E-state index contributed by atoms with van der Waals surface area (Å²) in [5.74, 6) is -1.45. The standard InChI is InChI=1S/C34H58N2O26/c1-8(41)35-15-20(46)27(12(5-39)55-30(15)53)60-31-16(36-9(2)42)21(47)28(13(6-40)58-31)61-34-25(51)23(49)18(44)14(59-34)7-54-32-26(52)29(19(45)11(4-38)56-32)62-33-24(50)22(48)17(43)10(3-37)57-33/h10-34,37-40,43-53H,3-7H2,1-2H3,(H,35,41)(H,36,42)/t10-,11-,12-,13-,14-,15-,16-,17-,18-,19-,20-,21-,22+,23+,24+,25+,26+,27-,28-,29+,30-,31+,32-,33+,34+/m1/s1. The van der Waals surface area contributed by atoms with Crippen molar-refractivity contribution in [3.05, 3.63) is 0 Å². The predicted molar refractivity (Wildman–Crippen MR) is 190 cm³/mol. The second-order valence-corrected chi connectivity index (χ2v) is 15.5. The average molecular weight is 911 g/mol. The van der Waals surface area contributed by atoms with Gasteiger partial charge >= 0.3 is 0 Å². The van der Waals surface area contributed by atoms with Crippen LogP contribution in [0.25, 0.3) is 0 Å². The monoisotopic (exact) mass is 910 g/mol. The molecule has 5 saturated heterocycles. The molecule has 28 nitrogen and oxygen atoms in total. The molecule has 0 aliphatic carbocycles. The summed E-state index contributed by atoms with van der Waals surface area (Å²) in [5, 5.41) is 162. The first kappa shape index (κ1) is 51.0. The van der Waals surface area contributed by atoms with Crippen molar-refractivity contribution in [2.24, 2.45) is 0 Å². The van der Waals surface area contributed by atoms with Crippen LogP contribution in [-0.2, 0) is 52.2 Å². The fraction of sp³-hybridized carbons (Fsp3) is 0.941. The first-order valence-corrected chi connectivity index (χ1v) is 19.6. The van der Waals surface area contributed by atoms with Gasteiger partial charge in [0.2, 0.25) is 11.8 Å². The van der Waals surface area contributed by atoms with Gasteiger partial charge in [-0.25, -0.2) is 0 Å². The Balaban J connectivity index is 1.29. The lowest BCUT2D eigenvalue weighted by Gasteiger charge is -2.49. The van der Waals surface area contributed by atoms with E-state index >= 15 is 0 Å². The molecule has 0 aromatic carbocycles. The van der Waals surface area contributed by atoms with Gasteiger partial charge < -0.3 is 130 Å². The van der Waals surface area contributed by atoms with Crippen molar-refractivity contribution in [3.63, 3.8) is 0 Å². The van der Waals surface area contributed by atoms with Crippen LogP contribution in [0.2, 0.25) is 0 Å². The fourth-order valence-electron chi connectivity index (χ4n) is 7.73. The van der Waals surface area contributed by atoms with E-state index in [9.17, 15) is 86.2 Å². The van der Waals surface area contributed by atoms with Gasteiger partial charge in [-0.15, -0.1) is 0 Å². The number of aliphatic hydroxyl groups excluding tert-OH is 15. The van der Waals surface area contributed by atoms with Crippen molar-refractivity contribution in [3.8, 4) is 0 Å². The summed E-state index contributed by atoms with van der Waals surface area (Å²) in [6, 6.07) is -3.12. The van der Waals surface area contributed by atoms with E-state index in [1.54, 1.807) is 0 Å². The molecule has 28 heteroatoms. The minimum atomic E-state index is -2.08. The summed E-state index contributed by atoms with van der Waals surface area (Å²) < 4.78 is 50.4. The Bertz CT molecular complexity index is 1440. The fourth-order valence-corrected chi connectivity index (χ4v) is 7.73. The maximum atomic E-state index is 12.3. The van der Waals surface area contributed by atoms with Gasteiger partial charge in [0.1, 0.15) is 122 Å². The predicted octanol–water partition coefficient (Wildman–Crippen LogP) is -11.6. The minimum Gasteiger partial charge on any atom is -0.394 e. The number of hydrogen-bond donors (Lipinski definition) is 17. The SMILES string of the molecule is CC(=O)N[C@@H]1[C@@H](O)[C@H](O[C@@H]2O[C@H](CO)[C@@H](O[C@@H]3O[C@H](CO[C@@H]4O[C@H](CO)[C@@H](O)[C@H](O[C@@H]5O[C@H](CO)[C@@H](O)[C@H](O)[C@@H]5O)[C@@H]4O)[C@@H](O)[C@H](O)[C@@H]3O)[C@H](O)[C@H]2NC(C)=O)[C@@H](CO)O[C@H]1O. The van der Waals surface area contributed by atoms with E-state index in [1.165, 1.54) is 0 Å². The van der Waals surface area contributed by atoms with Crippen LogP contribution in [0.5, 0.6) is 0 Å². The molecule has 0 aromatic heterocycles. The first-order chi connectivity index (χ1) is 29.3. The second kappa shape index (κ2) is 22.0. The topological polar surface area (TPSA) is 445 Å². The average Bonchev–Trinajstić information content (AvgIpc) is 3.23. The maximum absolute atomic E-state index is 12.3. The van der Waals surface area contributed by atoms with Gasteiger partial charge in [-0.1, -0.05) is 0 Å². The molecule has 2 amide bonds. The van der Waals surface area contributed by atoms with Crippen LogP contribution >= 0.6 is 0 Å². The number of nitrogens with one attached hydrogen (secondary N) is 2. The van der Waals surface area contributed by atoms with Crippen molar-refractivity contribution >= 4 is 11.8 Å². The Morgan fingerprint density at radius 3 is 1.35 bits per heavy atom. The Labute approximate surface area is 351 Å². The summed E-state index contributed by atoms with van der Waals surface area (Å²) in [6.45, 7) is -2.22. The molecule has 0 bridgehead atoms. The van der Waals surface area contributed by atoms with Crippen LogP contribution < -0.4 is 10.6 Å². The van der Waals surface area contributed by atoms with E-state index in [2.05, 4.69) is 10.6 Å². The largest absolute Gasteiger partial charge is 0.394 e. The van der Waals surface area contributed by atoms with E-state index < -0.39 is 198 Å². The molecule has 360 valence electrons. The van der Waals surface area contributed by atoms with Crippen molar-refractivity contribution in [1.82, 2.24) is 10.6 Å². The Kier molecular flexibility index (Phi) is 18.1. The third-order valence-corrected chi connectivity index (χ3v) is 11.1. The summed E-state index contributed by atoms with van der Waals surface area (Å²) in [7, 11) is 0.